The summed E-state index contributed by atoms with van der Waals surface area (Å²) in [4.78, 5) is 0. The van der Waals surface area contributed by atoms with Crippen molar-refractivity contribution < 1.29 is 9.84 Å². The van der Waals surface area contributed by atoms with Crippen molar-refractivity contribution in [3.8, 4) is 0 Å². The lowest BCUT2D eigenvalue weighted by Gasteiger charge is -2.14. The third kappa shape index (κ3) is 5.21. The Kier molecular flexibility index (Phi) is 6.33. The molecule has 2 N–H and O–H groups in total. The van der Waals surface area contributed by atoms with Gasteiger partial charge in [0.2, 0.25) is 0 Å². The zero-order valence-corrected chi connectivity index (χ0v) is 12.9. The molecule has 0 aliphatic carbocycles. The average Bonchev–Trinajstić information content (AvgIpc) is 2.48. The molecule has 0 bridgehead atoms. The van der Waals surface area contributed by atoms with E-state index >= 15 is 0 Å². The van der Waals surface area contributed by atoms with E-state index in [0.29, 0.717) is 23.2 Å². The number of hydrogen-bond donors (Lipinski definition) is 2. The van der Waals surface area contributed by atoms with Crippen LogP contribution in [0, 0.1) is 0 Å². The van der Waals surface area contributed by atoms with Gasteiger partial charge in [0.1, 0.15) is 0 Å². The van der Waals surface area contributed by atoms with E-state index in [1.165, 1.54) is 0 Å². The molecule has 0 aliphatic rings. The fraction of sp³-hybridized carbons (Fsp3) is 0.250. The summed E-state index contributed by atoms with van der Waals surface area (Å²) in [6.07, 6.45) is -0.622. The van der Waals surface area contributed by atoms with Crippen LogP contribution in [-0.4, -0.2) is 24.4 Å². The average molecular weight is 326 g/mol. The Balaban J connectivity index is 1.72. The van der Waals surface area contributed by atoms with Gasteiger partial charge in [-0.15, -0.1) is 0 Å². The normalized spacial score (nSPS) is 12.1. The van der Waals surface area contributed by atoms with Gasteiger partial charge in [0.15, 0.2) is 0 Å². The Bertz CT molecular complexity index is 578. The lowest BCUT2D eigenvalue weighted by molar-refractivity contribution is 0.0348. The van der Waals surface area contributed by atoms with Gasteiger partial charge in [0.25, 0.3) is 0 Å². The number of hydrogen-bond acceptors (Lipinski definition) is 3. The third-order valence-electron chi connectivity index (χ3n) is 2.93. The van der Waals surface area contributed by atoms with Crippen LogP contribution in [0.2, 0.25) is 10.0 Å². The first-order valence-electron chi connectivity index (χ1n) is 6.64. The van der Waals surface area contributed by atoms with E-state index in [1.807, 2.05) is 42.5 Å². The first-order chi connectivity index (χ1) is 10.2. The van der Waals surface area contributed by atoms with E-state index < -0.39 is 6.10 Å². The van der Waals surface area contributed by atoms with Crippen molar-refractivity contribution in [2.75, 3.05) is 18.5 Å². The summed E-state index contributed by atoms with van der Waals surface area (Å²) in [5, 5.41) is 14.3. The molecule has 0 aromatic heterocycles. The summed E-state index contributed by atoms with van der Waals surface area (Å²) in [7, 11) is 0. The molecule has 2 aromatic rings. The highest BCUT2D eigenvalue weighted by Gasteiger charge is 2.07. The van der Waals surface area contributed by atoms with Crippen LogP contribution in [0.25, 0.3) is 0 Å². The summed E-state index contributed by atoms with van der Waals surface area (Å²) in [6, 6.07) is 14.9. The van der Waals surface area contributed by atoms with Crippen molar-refractivity contribution in [1.82, 2.24) is 0 Å². The summed E-state index contributed by atoms with van der Waals surface area (Å²) in [5.74, 6) is 0. The smallest absolute Gasteiger partial charge is 0.0945 e. The molecule has 0 spiro atoms. The van der Waals surface area contributed by atoms with E-state index in [1.54, 1.807) is 6.07 Å². The molecule has 0 aliphatic heterocycles. The predicted molar refractivity (Wildman–Crippen MR) is 87.1 cm³/mol. The van der Waals surface area contributed by atoms with E-state index in [9.17, 15) is 5.11 Å². The lowest BCUT2D eigenvalue weighted by atomic mass is 10.2. The minimum atomic E-state index is -0.622. The fourth-order valence-electron chi connectivity index (χ4n) is 1.81. The molecule has 0 fully saturated rings. The highest BCUT2D eigenvalue weighted by atomic mass is 35.5. The number of nitrogens with one attached hydrogen (secondary N) is 1. The van der Waals surface area contributed by atoms with Crippen LogP contribution < -0.4 is 5.32 Å². The lowest BCUT2D eigenvalue weighted by Crippen LogP contribution is -2.24. The summed E-state index contributed by atoms with van der Waals surface area (Å²) in [5.41, 5.74) is 1.70. The third-order valence-corrected chi connectivity index (χ3v) is 3.63. The summed E-state index contributed by atoms with van der Waals surface area (Å²) < 4.78 is 5.47. The number of benzene rings is 2. The standard InChI is InChI=1S/C16H17Cl2NO2/c17-14-6-2-1-5-12(14)10-21-11-13(20)9-19-16-8-4-3-7-15(16)18/h1-8,13,19-20H,9-11H2. The SMILES string of the molecule is OC(CNc1ccccc1Cl)COCc1ccccc1Cl. The molecule has 5 heteroatoms. The van der Waals surface area contributed by atoms with Crippen molar-refractivity contribution >= 4 is 28.9 Å². The van der Waals surface area contributed by atoms with Gasteiger partial charge >= 0.3 is 0 Å². The van der Waals surface area contributed by atoms with Gasteiger partial charge in [-0.25, -0.2) is 0 Å². The van der Waals surface area contributed by atoms with Crippen molar-refractivity contribution in [2.45, 2.75) is 12.7 Å². The van der Waals surface area contributed by atoms with Gasteiger partial charge in [-0.1, -0.05) is 53.5 Å². The Morgan fingerprint density at radius 3 is 2.38 bits per heavy atom. The number of halogens is 2. The van der Waals surface area contributed by atoms with Crippen LogP contribution in [0.5, 0.6) is 0 Å². The second-order valence-electron chi connectivity index (χ2n) is 4.62. The zero-order chi connectivity index (χ0) is 15.1. The fourth-order valence-corrected chi connectivity index (χ4v) is 2.20. The number of anilines is 1. The Labute approximate surface area is 134 Å². The monoisotopic (exact) mass is 325 g/mol. The van der Waals surface area contributed by atoms with E-state index in [0.717, 1.165) is 11.3 Å². The molecule has 0 radical (unpaired) electrons. The van der Waals surface area contributed by atoms with Gasteiger partial charge in [0, 0.05) is 11.6 Å². The summed E-state index contributed by atoms with van der Waals surface area (Å²) in [6.45, 7) is 0.970. The molecule has 0 heterocycles. The van der Waals surface area contributed by atoms with Crippen molar-refractivity contribution in [3.05, 3.63) is 64.1 Å². The highest BCUT2D eigenvalue weighted by molar-refractivity contribution is 6.33. The molecule has 0 saturated carbocycles. The van der Waals surface area contributed by atoms with Crippen LogP contribution in [0.15, 0.2) is 48.5 Å². The summed E-state index contributed by atoms with van der Waals surface area (Å²) >= 11 is 12.0. The topological polar surface area (TPSA) is 41.5 Å². The van der Waals surface area contributed by atoms with Crippen LogP contribution >= 0.6 is 23.2 Å². The van der Waals surface area contributed by atoms with Gasteiger partial charge in [-0.2, -0.15) is 0 Å². The van der Waals surface area contributed by atoms with E-state index in [2.05, 4.69) is 5.32 Å². The molecule has 1 unspecified atom stereocenters. The van der Waals surface area contributed by atoms with E-state index in [4.69, 9.17) is 27.9 Å². The Morgan fingerprint density at radius 1 is 1.00 bits per heavy atom. The molecule has 1 atom stereocenters. The largest absolute Gasteiger partial charge is 0.389 e. The quantitative estimate of drug-likeness (QED) is 0.808. The molecular weight excluding hydrogens is 309 g/mol. The Morgan fingerprint density at radius 2 is 1.67 bits per heavy atom. The molecular formula is C16H17Cl2NO2. The molecule has 2 rings (SSSR count). The number of aliphatic hydroxyl groups is 1. The number of ether oxygens (including phenoxy) is 1. The molecule has 0 saturated heterocycles. The van der Waals surface area contributed by atoms with Crippen molar-refractivity contribution in [1.29, 1.82) is 0 Å². The molecule has 3 nitrogen and oxygen atoms in total. The molecule has 0 amide bonds. The van der Waals surface area contributed by atoms with Gasteiger partial charge in [0.05, 0.1) is 30.0 Å². The van der Waals surface area contributed by atoms with Gasteiger partial charge in [-0.05, 0) is 23.8 Å². The first-order valence-corrected chi connectivity index (χ1v) is 7.40. The van der Waals surface area contributed by atoms with Crippen molar-refractivity contribution in [2.24, 2.45) is 0 Å². The molecule has 2 aromatic carbocycles. The number of aliphatic hydroxyl groups excluding tert-OH is 1. The van der Waals surface area contributed by atoms with Crippen LogP contribution in [0.1, 0.15) is 5.56 Å². The molecule has 112 valence electrons. The van der Waals surface area contributed by atoms with Crippen LogP contribution in [0.4, 0.5) is 5.69 Å². The van der Waals surface area contributed by atoms with Gasteiger partial charge < -0.3 is 15.2 Å². The predicted octanol–water partition coefficient (Wildman–Crippen LogP) is 3.98. The van der Waals surface area contributed by atoms with E-state index in [-0.39, 0.29) is 6.61 Å². The molecule has 21 heavy (non-hydrogen) atoms. The minimum absolute atomic E-state index is 0.225. The first kappa shape index (κ1) is 16.1. The van der Waals surface area contributed by atoms with Crippen molar-refractivity contribution in [3.63, 3.8) is 0 Å². The second-order valence-corrected chi connectivity index (χ2v) is 5.44. The minimum Gasteiger partial charge on any atom is -0.389 e. The van der Waals surface area contributed by atoms with Gasteiger partial charge in [-0.3, -0.25) is 0 Å². The number of rotatable bonds is 7. The van der Waals surface area contributed by atoms with Crippen LogP contribution in [0.3, 0.4) is 0 Å². The maximum atomic E-state index is 9.89. The highest BCUT2D eigenvalue weighted by Crippen LogP contribution is 2.20. The maximum Gasteiger partial charge on any atom is 0.0945 e. The maximum absolute atomic E-state index is 9.89. The van der Waals surface area contributed by atoms with Crippen LogP contribution in [-0.2, 0) is 11.3 Å². The Hall–Kier alpha value is -1.26. The second kappa shape index (κ2) is 8.25. The zero-order valence-electron chi connectivity index (χ0n) is 11.4. The number of para-hydroxylation sites is 1.